The Morgan fingerprint density at radius 1 is 1.22 bits per heavy atom. The van der Waals surface area contributed by atoms with Crippen LogP contribution in [-0.4, -0.2) is 37.9 Å². The van der Waals surface area contributed by atoms with Crippen LogP contribution in [0.2, 0.25) is 0 Å². The lowest BCUT2D eigenvalue weighted by Gasteiger charge is -2.22. The molecule has 0 fully saturated rings. The number of nitrogens with one attached hydrogen (secondary N) is 1. The van der Waals surface area contributed by atoms with Gasteiger partial charge in [0.05, 0.1) is 11.4 Å². The first kappa shape index (κ1) is 19.4. The summed E-state index contributed by atoms with van der Waals surface area (Å²) in [6.45, 7) is 11.2. The van der Waals surface area contributed by atoms with Crippen LogP contribution in [0.15, 0.2) is 34.2 Å². The van der Waals surface area contributed by atoms with Crippen LogP contribution in [0.25, 0.3) is 0 Å². The molecule has 0 atom stereocenters. The normalized spacial score (nSPS) is 13.2. The van der Waals surface area contributed by atoms with Gasteiger partial charge in [-0.25, -0.2) is 18.1 Å². The quantitative estimate of drug-likeness (QED) is 0.612. The molecule has 0 aliphatic heterocycles. The fourth-order valence-corrected chi connectivity index (χ4v) is 3.82. The summed E-state index contributed by atoms with van der Waals surface area (Å²) in [6, 6.07) is 6.86. The second-order valence-corrected chi connectivity index (χ2v) is 7.96. The smallest absolute Gasteiger partial charge is 0.241 e. The van der Waals surface area contributed by atoms with Gasteiger partial charge in [-0.05, 0) is 46.2 Å². The van der Waals surface area contributed by atoms with E-state index in [-0.39, 0.29) is 11.4 Å². The minimum atomic E-state index is -3.60. The Morgan fingerprint density at radius 2 is 1.78 bits per heavy atom. The van der Waals surface area contributed by atoms with E-state index in [4.69, 9.17) is 5.73 Å². The fourth-order valence-electron chi connectivity index (χ4n) is 2.17. The van der Waals surface area contributed by atoms with E-state index in [1.165, 1.54) is 0 Å². The molecular formula is C16H28N4O2S. The first-order chi connectivity index (χ1) is 10.6. The minimum absolute atomic E-state index is 0.226. The summed E-state index contributed by atoms with van der Waals surface area (Å²) < 4.78 is 27.8. The van der Waals surface area contributed by atoms with Crippen molar-refractivity contribution in [3.05, 3.63) is 29.8 Å². The standard InChI is InChI=1S/C16H28N4O2S/c1-6-20(7-2)15(17)18-12-13-10-8-9-11-14(13)23(21,22)19-16(3,4)5/h8-11,19H,6-7,12H2,1-5H3,(H2,17,18). The van der Waals surface area contributed by atoms with Gasteiger partial charge in [-0.15, -0.1) is 0 Å². The Balaban J connectivity index is 3.10. The van der Waals surface area contributed by atoms with E-state index >= 15 is 0 Å². The van der Waals surface area contributed by atoms with Crippen LogP contribution in [-0.2, 0) is 16.6 Å². The highest BCUT2D eigenvalue weighted by atomic mass is 32.2. The van der Waals surface area contributed by atoms with Crippen LogP contribution in [0.3, 0.4) is 0 Å². The summed E-state index contributed by atoms with van der Waals surface area (Å²) in [5, 5.41) is 0. The summed E-state index contributed by atoms with van der Waals surface area (Å²) in [5.41, 5.74) is 6.04. The largest absolute Gasteiger partial charge is 0.370 e. The van der Waals surface area contributed by atoms with Crippen molar-refractivity contribution in [3.8, 4) is 0 Å². The third kappa shape index (κ3) is 5.84. The lowest BCUT2D eigenvalue weighted by Crippen LogP contribution is -2.40. The van der Waals surface area contributed by atoms with Crippen LogP contribution in [0.5, 0.6) is 0 Å². The van der Waals surface area contributed by atoms with E-state index < -0.39 is 15.6 Å². The fraction of sp³-hybridized carbons (Fsp3) is 0.562. The van der Waals surface area contributed by atoms with Crippen LogP contribution >= 0.6 is 0 Å². The Kier molecular flexibility index (Phi) is 6.58. The number of hydrogen-bond donors (Lipinski definition) is 2. The number of nitrogens with two attached hydrogens (primary N) is 1. The lowest BCUT2D eigenvalue weighted by atomic mass is 10.1. The molecule has 0 aliphatic rings. The number of rotatable bonds is 6. The van der Waals surface area contributed by atoms with E-state index in [1.54, 1.807) is 24.3 Å². The van der Waals surface area contributed by atoms with Gasteiger partial charge in [0.15, 0.2) is 5.96 Å². The average molecular weight is 340 g/mol. The van der Waals surface area contributed by atoms with Crippen LogP contribution < -0.4 is 10.5 Å². The van der Waals surface area contributed by atoms with Crippen molar-refractivity contribution in [1.82, 2.24) is 9.62 Å². The zero-order valence-electron chi connectivity index (χ0n) is 14.6. The van der Waals surface area contributed by atoms with Gasteiger partial charge in [0, 0.05) is 18.6 Å². The molecule has 0 saturated carbocycles. The van der Waals surface area contributed by atoms with Gasteiger partial charge in [-0.1, -0.05) is 18.2 Å². The second-order valence-electron chi connectivity index (χ2n) is 6.31. The maximum atomic E-state index is 12.6. The number of benzene rings is 1. The predicted octanol–water partition coefficient (Wildman–Crippen LogP) is 1.92. The van der Waals surface area contributed by atoms with E-state index in [0.717, 1.165) is 13.1 Å². The molecule has 0 heterocycles. The highest BCUT2D eigenvalue weighted by Crippen LogP contribution is 2.18. The van der Waals surface area contributed by atoms with Crippen molar-refractivity contribution < 1.29 is 8.42 Å². The van der Waals surface area contributed by atoms with Crippen molar-refractivity contribution in [2.75, 3.05) is 13.1 Å². The second kappa shape index (κ2) is 7.79. The highest BCUT2D eigenvalue weighted by molar-refractivity contribution is 7.89. The molecule has 3 N–H and O–H groups in total. The van der Waals surface area contributed by atoms with Crippen molar-refractivity contribution in [1.29, 1.82) is 0 Å². The van der Waals surface area contributed by atoms with Crippen LogP contribution in [0.4, 0.5) is 0 Å². The van der Waals surface area contributed by atoms with Gasteiger partial charge in [-0.2, -0.15) is 0 Å². The summed E-state index contributed by atoms with van der Waals surface area (Å²) >= 11 is 0. The molecule has 0 saturated heterocycles. The number of nitrogens with zero attached hydrogens (tertiary/aromatic N) is 2. The van der Waals surface area contributed by atoms with Gasteiger partial charge in [0.2, 0.25) is 10.0 Å². The maximum absolute atomic E-state index is 12.6. The third-order valence-corrected chi connectivity index (χ3v) is 5.06. The van der Waals surface area contributed by atoms with Crippen LogP contribution in [0.1, 0.15) is 40.2 Å². The molecule has 0 aliphatic carbocycles. The molecule has 0 bridgehead atoms. The molecule has 0 radical (unpaired) electrons. The van der Waals surface area contributed by atoms with E-state index in [9.17, 15) is 8.42 Å². The Bertz CT molecular complexity index is 644. The SMILES string of the molecule is CCN(CC)C(N)=NCc1ccccc1S(=O)(=O)NC(C)(C)C. The Hall–Kier alpha value is -1.60. The molecule has 0 unspecified atom stereocenters. The molecule has 23 heavy (non-hydrogen) atoms. The summed E-state index contributed by atoms with van der Waals surface area (Å²) in [6.07, 6.45) is 0. The molecule has 0 amide bonds. The molecule has 0 spiro atoms. The number of hydrogen-bond acceptors (Lipinski definition) is 3. The number of sulfonamides is 1. The minimum Gasteiger partial charge on any atom is -0.370 e. The van der Waals surface area contributed by atoms with Gasteiger partial charge >= 0.3 is 0 Å². The van der Waals surface area contributed by atoms with E-state index in [0.29, 0.717) is 11.5 Å². The topological polar surface area (TPSA) is 87.8 Å². The van der Waals surface area contributed by atoms with Crippen molar-refractivity contribution in [2.24, 2.45) is 10.7 Å². The molecule has 7 heteroatoms. The van der Waals surface area contributed by atoms with Crippen molar-refractivity contribution in [3.63, 3.8) is 0 Å². The monoisotopic (exact) mass is 340 g/mol. The molecule has 1 rings (SSSR count). The van der Waals surface area contributed by atoms with E-state index in [1.807, 2.05) is 39.5 Å². The van der Waals surface area contributed by atoms with Gasteiger partial charge in [0.25, 0.3) is 0 Å². The first-order valence-corrected chi connectivity index (χ1v) is 9.25. The van der Waals surface area contributed by atoms with Crippen molar-refractivity contribution in [2.45, 2.75) is 51.6 Å². The zero-order chi connectivity index (χ0) is 17.7. The highest BCUT2D eigenvalue weighted by Gasteiger charge is 2.24. The molecule has 1 aromatic rings. The zero-order valence-corrected chi connectivity index (χ0v) is 15.4. The molecule has 0 aromatic heterocycles. The summed E-state index contributed by atoms with van der Waals surface area (Å²) in [5.74, 6) is 0.422. The van der Waals surface area contributed by atoms with Crippen molar-refractivity contribution >= 4 is 16.0 Å². The molecular weight excluding hydrogens is 312 g/mol. The van der Waals surface area contributed by atoms with E-state index in [2.05, 4.69) is 9.71 Å². The summed E-state index contributed by atoms with van der Waals surface area (Å²) in [7, 11) is -3.60. The lowest BCUT2D eigenvalue weighted by molar-refractivity contribution is 0.458. The van der Waals surface area contributed by atoms with Gasteiger partial charge < -0.3 is 10.6 Å². The molecule has 130 valence electrons. The molecule has 1 aromatic carbocycles. The van der Waals surface area contributed by atoms with Gasteiger partial charge in [0.1, 0.15) is 0 Å². The third-order valence-electron chi connectivity index (χ3n) is 3.20. The maximum Gasteiger partial charge on any atom is 0.241 e. The first-order valence-electron chi connectivity index (χ1n) is 7.77. The van der Waals surface area contributed by atoms with Crippen LogP contribution in [0, 0.1) is 0 Å². The Labute approximate surface area is 139 Å². The average Bonchev–Trinajstić information content (AvgIpc) is 2.44. The number of aliphatic imine (C=N–C) groups is 1. The predicted molar refractivity (Wildman–Crippen MR) is 94.8 cm³/mol. The molecule has 6 nitrogen and oxygen atoms in total. The number of guanidine groups is 1. The Morgan fingerprint density at radius 3 is 2.30 bits per heavy atom. The summed E-state index contributed by atoms with van der Waals surface area (Å²) in [4.78, 5) is 6.50. The van der Waals surface area contributed by atoms with Gasteiger partial charge in [-0.3, -0.25) is 0 Å².